The molecule has 20 nitrogen and oxygen atoms in total. The van der Waals surface area contributed by atoms with Crippen LogP contribution in [-0.4, -0.2) is 150 Å². The van der Waals surface area contributed by atoms with Crippen LogP contribution in [-0.2, 0) is 59.2 Å². The van der Waals surface area contributed by atoms with Crippen LogP contribution in [0.15, 0.2) is 18.2 Å². The maximum absolute atomic E-state index is 13.2. The number of hydrogen-bond donors (Lipinski definition) is 5. The number of Topliss-reactive ketones (excluding diaryl/α,β-unsaturated/α-hetero) is 1. The Hall–Kier alpha value is -5.63. The summed E-state index contributed by atoms with van der Waals surface area (Å²) in [6.45, 7) is 8.86. The Morgan fingerprint density at radius 3 is 1.98 bits per heavy atom. The number of aliphatic hydroxyl groups excluding tert-OH is 1. The lowest BCUT2D eigenvalue weighted by Gasteiger charge is -2.31. The Morgan fingerprint density at radius 2 is 1.41 bits per heavy atom. The van der Waals surface area contributed by atoms with Crippen LogP contribution in [0.5, 0.6) is 5.75 Å². The van der Waals surface area contributed by atoms with E-state index in [0.29, 0.717) is 5.56 Å². The van der Waals surface area contributed by atoms with Crippen molar-refractivity contribution in [2.75, 3.05) is 52.6 Å². The van der Waals surface area contributed by atoms with Gasteiger partial charge in [-0.2, -0.15) is 0 Å². The van der Waals surface area contributed by atoms with E-state index in [1.54, 1.807) is 47.6 Å². The first kappa shape index (κ1) is 51.5. The third kappa shape index (κ3) is 17.9. The summed E-state index contributed by atoms with van der Waals surface area (Å²) >= 11 is 0. The van der Waals surface area contributed by atoms with E-state index in [1.165, 1.54) is 43.1 Å². The van der Waals surface area contributed by atoms with Crippen LogP contribution in [0.25, 0.3) is 0 Å². The molecule has 0 radical (unpaired) electrons. The molecule has 2 rings (SSSR count). The zero-order valence-electron chi connectivity index (χ0n) is 36.5. The summed E-state index contributed by atoms with van der Waals surface area (Å²) < 4.78 is 16.7. The molecule has 0 saturated carbocycles. The average molecular weight is 863 g/mol. The fraction of sp³-hybridized carbons (Fsp3) is 0.634. The Kier molecular flexibility index (Phi) is 20.8. The molecule has 5 N–H and O–H groups in total. The highest BCUT2D eigenvalue weighted by atomic mass is 16.7. The van der Waals surface area contributed by atoms with Gasteiger partial charge in [-0.25, -0.2) is 4.79 Å². The first-order valence-electron chi connectivity index (χ1n) is 20.1. The largest absolute Gasteiger partial charge is 0.479 e. The fourth-order valence-corrected chi connectivity index (χ4v) is 5.59. The molecule has 6 amide bonds. The Balaban J connectivity index is 1.94. The van der Waals surface area contributed by atoms with Crippen LogP contribution in [0.2, 0.25) is 0 Å². The van der Waals surface area contributed by atoms with E-state index in [-0.39, 0.29) is 87.4 Å². The highest BCUT2D eigenvalue weighted by molar-refractivity contribution is 5.97. The zero-order valence-corrected chi connectivity index (χ0v) is 36.5. The molecule has 0 spiro atoms. The average Bonchev–Trinajstić information content (AvgIpc) is 3.18. The normalized spacial score (nSPS) is 16.6. The van der Waals surface area contributed by atoms with Crippen LogP contribution >= 0.6 is 0 Å². The third-order valence-corrected chi connectivity index (χ3v) is 9.52. The topological polar surface area (TPSA) is 268 Å². The Bertz CT molecular complexity index is 1750. The number of carboxylic acid groups (broad SMARTS) is 1. The molecule has 1 fully saturated rings. The lowest BCUT2D eigenvalue weighted by molar-refractivity contribution is -0.195. The number of carboxylic acids is 1. The second kappa shape index (κ2) is 24.6. The number of nitrogens with one attached hydrogen (secondary N) is 3. The van der Waals surface area contributed by atoms with Gasteiger partial charge in [-0.3, -0.25) is 38.4 Å². The summed E-state index contributed by atoms with van der Waals surface area (Å²) in [7, 11) is 4.30. The smallest absolute Gasteiger partial charge is 0.333 e. The summed E-state index contributed by atoms with van der Waals surface area (Å²) in [6, 6.07) is 3.44. The van der Waals surface area contributed by atoms with Gasteiger partial charge in [0.25, 0.3) is 0 Å². The van der Waals surface area contributed by atoms with Crippen molar-refractivity contribution in [3.8, 4) is 5.75 Å². The Labute approximate surface area is 356 Å². The van der Waals surface area contributed by atoms with Gasteiger partial charge in [-0.15, -0.1) is 0 Å². The SMILES string of the molecule is CC(C)C(=O)CN(C)C(=O)CN(C)C(=O)CN(C)C(=O)CCCC(=O)NC(C(=O)NCC(=O)Nc1ccc(COC(=O)C(C)C)cc1OC1CC(O)CC(C(=O)O)O1)C(C)C. The molecule has 20 heteroatoms. The summed E-state index contributed by atoms with van der Waals surface area (Å²) in [5.74, 6) is -6.08. The minimum atomic E-state index is -1.33. The van der Waals surface area contributed by atoms with Gasteiger partial charge in [0, 0.05) is 52.7 Å². The van der Waals surface area contributed by atoms with Gasteiger partial charge in [0.1, 0.15) is 18.4 Å². The van der Waals surface area contributed by atoms with E-state index in [0.717, 1.165) is 4.90 Å². The molecule has 1 aliphatic rings. The van der Waals surface area contributed by atoms with Crippen molar-refractivity contribution in [3.63, 3.8) is 0 Å². The van der Waals surface area contributed by atoms with Crippen molar-refractivity contribution in [2.24, 2.45) is 17.8 Å². The predicted octanol–water partition coefficient (Wildman–Crippen LogP) is 0.681. The molecule has 1 aromatic rings. The number of benzene rings is 1. The molecule has 61 heavy (non-hydrogen) atoms. The van der Waals surface area contributed by atoms with Gasteiger partial charge in [0.05, 0.1) is 43.9 Å². The van der Waals surface area contributed by atoms with Crippen LogP contribution in [0, 0.1) is 17.8 Å². The number of likely N-dealkylation sites (N-methyl/N-ethyl adjacent to an activating group) is 3. The summed E-state index contributed by atoms with van der Waals surface area (Å²) in [5.41, 5.74) is 0.575. The van der Waals surface area contributed by atoms with Gasteiger partial charge in [0.15, 0.2) is 11.9 Å². The minimum absolute atomic E-state index is 0.0176. The Morgan fingerprint density at radius 1 is 0.803 bits per heavy atom. The standard InChI is InChI=1S/C41H62N6O14/c1-23(2)29(49)19-45(7)35(53)21-47(9)36(54)20-46(8)34(52)12-10-11-32(50)44-38(24(3)4)39(55)42-18-33(51)43-28-14-13-26(22-59-41(58)25(5)6)15-30(28)60-37-17-27(48)16-31(61-37)40(56)57/h13-15,23-25,27,31,37-38,48H,10-12,16-22H2,1-9H3,(H,42,55)(H,43,51)(H,44,50)(H,56,57). The maximum atomic E-state index is 13.2. The molecule has 0 aliphatic carbocycles. The first-order valence-corrected chi connectivity index (χ1v) is 20.1. The monoisotopic (exact) mass is 862 g/mol. The molecule has 1 aromatic carbocycles. The van der Waals surface area contributed by atoms with Gasteiger partial charge in [-0.05, 0) is 30.0 Å². The molecular weight excluding hydrogens is 800 g/mol. The number of amides is 6. The number of anilines is 1. The lowest BCUT2D eigenvalue weighted by Crippen LogP contribution is -2.51. The number of ether oxygens (including phenoxy) is 3. The van der Waals surface area contributed by atoms with E-state index in [1.807, 2.05) is 0 Å². The van der Waals surface area contributed by atoms with Crippen molar-refractivity contribution >= 4 is 58.9 Å². The van der Waals surface area contributed by atoms with Gasteiger partial charge >= 0.3 is 11.9 Å². The lowest BCUT2D eigenvalue weighted by atomic mass is 10.0. The van der Waals surface area contributed by atoms with E-state index in [2.05, 4.69) is 16.0 Å². The van der Waals surface area contributed by atoms with E-state index in [9.17, 15) is 53.4 Å². The second-order valence-electron chi connectivity index (χ2n) is 16.0. The van der Waals surface area contributed by atoms with Crippen LogP contribution < -0.4 is 20.7 Å². The minimum Gasteiger partial charge on any atom is -0.479 e. The highest BCUT2D eigenvalue weighted by Gasteiger charge is 2.34. The van der Waals surface area contributed by atoms with Crippen molar-refractivity contribution < 1.29 is 67.6 Å². The van der Waals surface area contributed by atoms with E-state index >= 15 is 0 Å². The molecule has 0 aromatic heterocycles. The number of esters is 1. The molecule has 4 unspecified atom stereocenters. The summed E-state index contributed by atoms with van der Waals surface area (Å²) in [6.07, 6.45) is -3.88. The number of aliphatic carboxylic acids is 1. The van der Waals surface area contributed by atoms with Crippen LogP contribution in [0.4, 0.5) is 5.69 Å². The number of carbonyl (C=O) groups excluding carboxylic acids is 8. The molecule has 1 aliphatic heterocycles. The molecular formula is C41H62N6O14. The molecule has 0 bridgehead atoms. The molecule has 1 heterocycles. The first-order chi connectivity index (χ1) is 28.5. The number of rotatable bonds is 23. The predicted molar refractivity (Wildman–Crippen MR) is 218 cm³/mol. The highest BCUT2D eigenvalue weighted by Crippen LogP contribution is 2.31. The number of ketones is 1. The quantitative estimate of drug-likeness (QED) is 0.0948. The number of hydrogen-bond acceptors (Lipinski definition) is 13. The molecule has 1 saturated heterocycles. The fourth-order valence-electron chi connectivity index (χ4n) is 5.59. The molecule has 340 valence electrons. The van der Waals surface area contributed by atoms with Gasteiger partial charge < -0.3 is 55.1 Å². The van der Waals surface area contributed by atoms with Crippen LogP contribution in [0.1, 0.15) is 79.2 Å². The molecule has 4 atom stereocenters. The summed E-state index contributed by atoms with van der Waals surface area (Å²) in [4.78, 5) is 116. The third-order valence-electron chi connectivity index (χ3n) is 9.52. The number of nitrogens with zero attached hydrogens (tertiary/aromatic N) is 3. The van der Waals surface area contributed by atoms with Crippen LogP contribution in [0.3, 0.4) is 0 Å². The van der Waals surface area contributed by atoms with Crippen molar-refractivity contribution in [3.05, 3.63) is 23.8 Å². The van der Waals surface area contributed by atoms with Crippen molar-refractivity contribution in [2.45, 2.75) is 105 Å². The van der Waals surface area contributed by atoms with Crippen molar-refractivity contribution in [1.29, 1.82) is 0 Å². The second-order valence-corrected chi connectivity index (χ2v) is 16.0. The number of aliphatic hydroxyl groups is 1. The van der Waals surface area contributed by atoms with Crippen molar-refractivity contribution in [1.82, 2.24) is 25.3 Å². The van der Waals surface area contributed by atoms with Gasteiger partial charge in [0.2, 0.25) is 41.7 Å². The van der Waals surface area contributed by atoms with E-state index in [4.69, 9.17) is 14.2 Å². The summed E-state index contributed by atoms with van der Waals surface area (Å²) in [5, 5.41) is 27.4. The van der Waals surface area contributed by atoms with Gasteiger partial charge in [-0.1, -0.05) is 47.6 Å². The van der Waals surface area contributed by atoms with E-state index < -0.39 is 84.4 Å². The maximum Gasteiger partial charge on any atom is 0.333 e. The number of carbonyl (C=O) groups is 9. The zero-order chi connectivity index (χ0) is 46.1.